The molecule has 1 aromatic heterocycles. The molecule has 0 unspecified atom stereocenters. The highest BCUT2D eigenvalue weighted by molar-refractivity contribution is 5.44. The van der Waals surface area contributed by atoms with Gasteiger partial charge in [-0.3, -0.25) is 0 Å². The summed E-state index contributed by atoms with van der Waals surface area (Å²) < 4.78 is 0. The minimum absolute atomic E-state index is 0.922. The molecule has 58 valence electrons. The maximum atomic E-state index is 4.15. The first-order valence-corrected chi connectivity index (χ1v) is 3.64. The molecule has 1 rings (SSSR count). The fourth-order valence-corrected chi connectivity index (χ4v) is 0.799. The number of nitrogens with zero attached hydrogens (tertiary/aromatic N) is 1. The molecule has 1 aromatic rings. The van der Waals surface area contributed by atoms with Crippen LogP contribution in [0.25, 0.3) is 0 Å². The zero-order valence-corrected chi connectivity index (χ0v) is 6.83. The minimum atomic E-state index is 0.922. The standard InChI is InChI=1S/C9H12N2/c1-3-6-10-9-8(2)5-4-7-11-9/h3-7H,1-2H3,(H,10,11)/b6-3+. The molecule has 0 saturated heterocycles. The lowest BCUT2D eigenvalue weighted by Gasteiger charge is -2.01. The number of pyridine rings is 1. The summed E-state index contributed by atoms with van der Waals surface area (Å²) in [4.78, 5) is 4.15. The van der Waals surface area contributed by atoms with Gasteiger partial charge in [0.2, 0.25) is 0 Å². The molecule has 0 radical (unpaired) electrons. The summed E-state index contributed by atoms with van der Waals surface area (Å²) in [6.45, 7) is 3.99. The van der Waals surface area contributed by atoms with Gasteiger partial charge in [-0.05, 0) is 31.7 Å². The van der Waals surface area contributed by atoms with Gasteiger partial charge in [0.15, 0.2) is 0 Å². The maximum absolute atomic E-state index is 4.15. The predicted molar refractivity (Wildman–Crippen MR) is 47.4 cm³/mol. The van der Waals surface area contributed by atoms with Crippen LogP contribution in [0.2, 0.25) is 0 Å². The Kier molecular flexibility index (Phi) is 2.66. The van der Waals surface area contributed by atoms with Gasteiger partial charge in [-0.2, -0.15) is 0 Å². The van der Waals surface area contributed by atoms with Crippen molar-refractivity contribution in [1.82, 2.24) is 4.98 Å². The number of hydrogen-bond donors (Lipinski definition) is 1. The normalized spacial score (nSPS) is 10.4. The number of rotatable bonds is 2. The van der Waals surface area contributed by atoms with Crippen LogP contribution >= 0.6 is 0 Å². The zero-order chi connectivity index (χ0) is 8.10. The van der Waals surface area contributed by atoms with Crippen molar-refractivity contribution in [2.75, 3.05) is 5.32 Å². The fourth-order valence-electron chi connectivity index (χ4n) is 0.799. The molecule has 0 amide bonds. The van der Waals surface area contributed by atoms with Crippen LogP contribution < -0.4 is 5.32 Å². The van der Waals surface area contributed by atoms with Crippen molar-refractivity contribution in [1.29, 1.82) is 0 Å². The molecule has 0 aliphatic carbocycles. The highest BCUT2D eigenvalue weighted by Crippen LogP contribution is 2.08. The monoisotopic (exact) mass is 148 g/mol. The molecule has 2 nitrogen and oxygen atoms in total. The summed E-state index contributed by atoms with van der Waals surface area (Å²) in [5, 5.41) is 3.07. The molecule has 0 aliphatic rings. The largest absolute Gasteiger partial charge is 0.347 e. The van der Waals surface area contributed by atoms with E-state index in [-0.39, 0.29) is 0 Å². The third kappa shape index (κ3) is 2.08. The molecular formula is C9H12N2. The van der Waals surface area contributed by atoms with Crippen LogP contribution in [0, 0.1) is 6.92 Å². The second-order valence-electron chi connectivity index (χ2n) is 2.31. The molecule has 0 saturated carbocycles. The van der Waals surface area contributed by atoms with Crippen LogP contribution in [0.15, 0.2) is 30.6 Å². The van der Waals surface area contributed by atoms with Crippen molar-refractivity contribution >= 4 is 5.82 Å². The molecule has 0 bridgehead atoms. The van der Waals surface area contributed by atoms with Crippen molar-refractivity contribution in [3.63, 3.8) is 0 Å². The minimum Gasteiger partial charge on any atom is -0.347 e. The fraction of sp³-hybridized carbons (Fsp3) is 0.222. The van der Waals surface area contributed by atoms with Gasteiger partial charge in [0.05, 0.1) is 0 Å². The number of nitrogens with one attached hydrogen (secondary N) is 1. The van der Waals surface area contributed by atoms with Gasteiger partial charge in [-0.25, -0.2) is 4.98 Å². The summed E-state index contributed by atoms with van der Waals surface area (Å²) >= 11 is 0. The lowest BCUT2D eigenvalue weighted by Crippen LogP contribution is -1.92. The van der Waals surface area contributed by atoms with E-state index in [4.69, 9.17) is 0 Å². The first kappa shape index (κ1) is 7.79. The third-order valence-corrected chi connectivity index (χ3v) is 1.40. The van der Waals surface area contributed by atoms with Crippen LogP contribution in [0.5, 0.6) is 0 Å². The number of aryl methyl sites for hydroxylation is 1. The van der Waals surface area contributed by atoms with Gasteiger partial charge in [0.25, 0.3) is 0 Å². The summed E-state index contributed by atoms with van der Waals surface area (Å²) in [5.41, 5.74) is 1.16. The van der Waals surface area contributed by atoms with Crippen molar-refractivity contribution in [2.45, 2.75) is 13.8 Å². The van der Waals surface area contributed by atoms with Crippen LogP contribution in [-0.4, -0.2) is 4.98 Å². The maximum Gasteiger partial charge on any atom is 0.132 e. The number of allylic oxidation sites excluding steroid dienone is 1. The zero-order valence-electron chi connectivity index (χ0n) is 6.83. The second kappa shape index (κ2) is 3.76. The van der Waals surface area contributed by atoms with Crippen molar-refractivity contribution in [3.05, 3.63) is 36.2 Å². The van der Waals surface area contributed by atoms with Crippen molar-refractivity contribution in [2.24, 2.45) is 0 Å². The topological polar surface area (TPSA) is 24.9 Å². The Balaban J connectivity index is 2.77. The van der Waals surface area contributed by atoms with Gasteiger partial charge >= 0.3 is 0 Å². The van der Waals surface area contributed by atoms with Crippen LogP contribution in [0.3, 0.4) is 0 Å². The summed E-state index contributed by atoms with van der Waals surface area (Å²) in [5.74, 6) is 0.922. The van der Waals surface area contributed by atoms with E-state index in [1.54, 1.807) is 6.20 Å². The van der Waals surface area contributed by atoms with Gasteiger partial charge in [-0.1, -0.05) is 12.1 Å². The first-order valence-electron chi connectivity index (χ1n) is 3.64. The van der Waals surface area contributed by atoms with E-state index in [1.165, 1.54) is 0 Å². The Morgan fingerprint density at radius 3 is 3.00 bits per heavy atom. The second-order valence-corrected chi connectivity index (χ2v) is 2.31. The van der Waals surface area contributed by atoms with Gasteiger partial charge in [-0.15, -0.1) is 0 Å². The van der Waals surface area contributed by atoms with Gasteiger partial charge < -0.3 is 5.32 Å². The summed E-state index contributed by atoms with van der Waals surface area (Å²) in [6.07, 6.45) is 5.59. The lowest BCUT2D eigenvalue weighted by molar-refractivity contribution is 1.25. The first-order chi connectivity index (χ1) is 5.34. The van der Waals surface area contributed by atoms with E-state index in [0.29, 0.717) is 0 Å². The summed E-state index contributed by atoms with van der Waals surface area (Å²) in [6, 6.07) is 3.95. The van der Waals surface area contributed by atoms with Crippen LogP contribution in [0.4, 0.5) is 5.82 Å². The molecule has 2 heteroatoms. The molecule has 1 N–H and O–H groups in total. The third-order valence-electron chi connectivity index (χ3n) is 1.40. The van der Waals surface area contributed by atoms with Gasteiger partial charge in [0, 0.05) is 6.20 Å². The molecular weight excluding hydrogens is 136 g/mol. The SMILES string of the molecule is C/C=C/Nc1ncccc1C. The number of anilines is 1. The Morgan fingerprint density at radius 1 is 1.55 bits per heavy atom. The lowest BCUT2D eigenvalue weighted by atomic mass is 10.3. The van der Waals surface area contributed by atoms with Crippen LogP contribution in [0.1, 0.15) is 12.5 Å². The van der Waals surface area contributed by atoms with E-state index < -0.39 is 0 Å². The predicted octanol–water partition coefficient (Wildman–Crippen LogP) is 2.34. The molecule has 1 heterocycles. The molecule has 0 fully saturated rings. The van der Waals surface area contributed by atoms with E-state index in [0.717, 1.165) is 11.4 Å². The van der Waals surface area contributed by atoms with Crippen LogP contribution in [-0.2, 0) is 0 Å². The average molecular weight is 148 g/mol. The van der Waals surface area contributed by atoms with E-state index in [1.807, 2.05) is 38.3 Å². The molecule has 0 atom stereocenters. The Morgan fingerprint density at radius 2 is 2.36 bits per heavy atom. The molecule has 0 spiro atoms. The van der Waals surface area contributed by atoms with E-state index >= 15 is 0 Å². The van der Waals surface area contributed by atoms with E-state index in [9.17, 15) is 0 Å². The quantitative estimate of drug-likeness (QED) is 0.696. The average Bonchev–Trinajstić information content (AvgIpc) is 2.03. The number of hydrogen-bond acceptors (Lipinski definition) is 2. The van der Waals surface area contributed by atoms with E-state index in [2.05, 4.69) is 10.3 Å². The van der Waals surface area contributed by atoms with Gasteiger partial charge in [0.1, 0.15) is 5.82 Å². The molecule has 11 heavy (non-hydrogen) atoms. The smallest absolute Gasteiger partial charge is 0.132 e. The summed E-state index contributed by atoms with van der Waals surface area (Å²) in [7, 11) is 0. The highest BCUT2D eigenvalue weighted by atomic mass is 15.0. The Labute approximate surface area is 67.0 Å². The van der Waals surface area contributed by atoms with Crippen molar-refractivity contribution in [3.8, 4) is 0 Å². The molecule has 0 aromatic carbocycles. The Bertz CT molecular complexity index is 253. The Hall–Kier alpha value is -1.31. The highest BCUT2D eigenvalue weighted by Gasteiger charge is 1.92. The number of aromatic nitrogens is 1. The van der Waals surface area contributed by atoms with Crippen molar-refractivity contribution < 1.29 is 0 Å². The molecule has 0 aliphatic heterocycles.